The fourth-order valence-electron chi connectivity index (χ4n) is 2.34. The third kappa shape index (κ3) is 3.26. The lowest BCUT2D eigenvalue weighted by atomic mass is 10.1. The van der Waals surface area contributed by atoms with Crippen molar-refractivity contribution >= 4 is 21.8 Å². The van der Waals surface area contributed by atoms with Crippen molar-refractivity contribution in [1.29, 1.82) is 0 Å². The molecule has 1 saturated heterocycles. The van der Waals surface area contributed by atoms with E-state index in [9.17, 15) is 9.59 Å². The average molecular weight is 364 g/mol. The van der Waals surface area contributed by atoms with Crippen molar-refractivity contribution in [2.24, 2.45) is 0 Å². The number of H-pyrrole nitrogens is 1. The van der Waals surface area contributed by atoms with E-state index in [1.165, 1.54) is 12.1 Å². The Bertz CT molecular complexity index is 709. The number of hydrogen-bond donors (Lipinski definition) is 1. The fourth-order valence-corrected chi connectivity index (χ4v) is 2.60. The number of nitrogens with zero attached hydrogens (tertiary/aromatic N) is 2. The Morgan fingerprint density at radius 3 is 2.73 bits per heavy atom. The third-order valence-electron chi connectivity index (χ3n) is 3.49. The highest BCUT2D eigenvalue weighted by Crippen LogP contribution is 2.24. The number of nitrogens with one attached hydrogen (secondary N) is 1. The van der Waals surface area contributed by atoms with E-state index in [4.69, 9.17) is 4.74 Å². The monoisotopic (exact) mass is 363 g/mol. The number of rotatable bonds is 2. The molecule has 22 heavy (non-hydrogen) atoms. The quantitative estimate of drug-likeness (QED) is 0.881. The molecule has 1 N–H and O–H groups in total. The van der Waals surface area contributed by atoms with Crippen LogP contribution in [0.4, 0.5) is 0 Å². The normalized spacial score (nSPS) is 18.2. The van der Waals surface area contributed by atoms with Gasteiger partial charge in [-0.15, -0.1) is 0 Å². The van der Waals surface area contributed by atoms with E-state index in [0.29, 0.717) is 19.7 Å². The lowest BCUT2D eigenvalue weighted by Gasteiger charge is -2.33. The van der Waals surface area contributed by atoms with Crippen molar-refractivity contribution in [1.82, 2.24) is 15.1 Å². The fraction of sp³-hybridized carbons (Fsp3) is 0.267. The molecule has 0 saturated carbocycles. The summed E-state index contributed by atoms with van der Waals surface area (Å²) in [6.07, 6.45) is -0.159. The van der Waals surface area contributed by atoms with E-state index in [-0.39, 0.29) is 23.3 Å². The third-order valence-corrected chi connectivity index (χ3v) is 4.02. The van der Waals surface area contributed by atoms with Crippen LogP contribution < -0.4 is 5.56 Å². The Labute approximate surface area is 135 Å². The van der Waals surface area contributed by atoms with Crippen LogP contribution in [0.1, 0.15) is 22.2 Å². The van der Waals surface area contributed by atoms with Gasteiger partial charge < -0.3 is 9.64 Å². The van der Waals surface area contributed by atoms with Crippen molar-refractivity contribution in [3.05, 3.63) is 62.5 Å². The maximum Gasteiger partial charge on any atom is 0.274 e. The highest BCUT2D eigenvalue weighted by molar-refractivity contribution is 9.10. The first-order chi connectivity index (χ1) is 10.6. The van der Waals surface area contributed by atoms with Gasteiger partial charge in [-0.2, -0.15) is 5.10 Å². The maximum atomic E-state index is 12.4. The SMILES string of the molecule is O=C(c1ccc(=O)[nH]n1)N1CCOC(c2ccc(Br)cc2)C1. The van der Waals surface area contributed by atoms with Crippen molar-refractivity contribution < 1.29 is 9.53 Å². The number of carbonyl (C=O) groups is 1. The van der Waals surface area contributed by atoms with Gasteiger partial charge in [-0.1, -0.05) is 28.1 Å². The largest absolute Gasteiger partial charge is 0.370 e. The smallest absolute Gasteiger partial charge is 0.274 e. The van der Waals surface area contributed by atoms with Crippen LogP contribution in [0.5, 0.6) is 0 Å². The van der Waals surface area contributed by atoms with Crippen LogP contribution in [-0.4, -0.2) is 40.7 Å². The average Bonchev–Trinajstić information content (AvgIpc) is 2.56. The predicted octanol–water partition coefficient (Wildman–Crippen LogP) is 1.75. The molecule has 3 rings (SSSR count). The molecule has 1 amide bonds. The lowest BCUT2D eigenvalue weighted by Crippen LogP contribution is -2.42. The Hall–Kier alpha value is -1.99. The van der Waals surface area contributed by atoms with Crippen molar-refractivity contribution in [2.75, 3.05) is 19.7 Å². The molecule has 1 aromatic heterocycles. The number of benzene rings is 1. The van der Waals surface area contributed by atoms with E-state index in [1.807, 2.05) is 24.3 Å². The van der Waals surface area contributed by atoms with Crippen LogP contribution >= 0.6 is 15.9 Å². The molecule has 2 aromatic rings. The second-order valence-electron chi connectivity index (χ2n) is 4.97. The summed E-state index contributed by atoms with van der Waals surface area (Å²) in [7, 11) is 0. The minimum atomic E-state index is -0.328. The lowest BCUT2D eigenvalue weighted by molar-refractivity contribution is -0.0230. The Morgan fingerprint density at radius 2 is 2.05 bits per heavy atom. The van der Waals surface area contributed by atoms with Crippen LogP contribution in [0.25, 0.3) is 0 Å². The van der Waals surface area contributed by atoms with Gasteiger partial charge in [-0.25, -0.2) is 5.10 Å². The maximum absolute atomic E-state index is 12.4. The Kier molecular flexibility index (Phi) is 4.35. The van der Waals surface area contributed by atoms with Crippen LogP contribution in [0.2, 0.25) is 0 Å². The molecule has 2 heterocycles. The van der Waals surface area contributed by atoms with Gasteiger partial charge in [0.1, 0.15) is 11.8 Å². The number of amides is 1. The van der Waals surface area contributed by atoms with Gasteiger partial charge in [0.05, 0.1) is 13.2 Å². The van der Waals surface area contributed by atoms with Crippen LogP contribution in [0.3, 0.4) is 0 Å². The molecule has 1 atom stereocenters. The zero-order chi connectivity index (χ0) is 15.5. The molecular formula is C15H14BrN3O3. The number of morpholine rings is 1. The van der Waals surface area contributed by atoms with Gasteiger partial charge in [0.15, 0.2) is 0 Å². The summed E-state index contributed by atoms with van der Waals surface area (Å²) in [5, 5.41) is 6.07. The molecule has 1 aromatic carbocycles. The second kappa shape index (κ2) is 6.41. The summed E-state index contributed by atoms with van der Waals surface area (Å²) >= 11 is 3.40. The second-order valence-corrected chi connectivity index (χ2v) is 5.88. The standard InChI is InChI=1S/C15H14BrN3O3/c16-11-3-1-10(2-4-11)13-9-19(7-8-22-13)15(21)12-5-6-14(20)18-17-12/h1-6,13H,7-9H2,(H,18,20). The first kappa shape index (κ1) is 14.9. The Balaban J connectivity index is 1.75. The van der Waals surface area contributed by atoms with Gasteiger partial charge in [-0.3, -0.25) is 9.59 Å². The van der Waals surface area contributed by atoms with E-state index in [2.05, 4.69) is 26.1 Å². The highest BCUT2D eigenvalue weighted by atomic mass is 79.9. The molecule has 1 aliphatic rings. The molecule has 0 spiro atoms. The number of ether oxygens (including phenoxy) is 1. The molecule has 1 unspecified atom stereocenters. The number of hydrogen-bond acceptors (Lipinski definition) is 4. The van der Waals surface area contributed by atoms with Gasteiger partial charge >= 0.3 is 0 Å². The molecule has 0 bridgehead atoms. The van der Waals surface area contributed by atoms with Gasteiger partial charge in [0.25, 0.3) is 11.5 Å². The summed E-state index contributed by atoms with van der Waals surface area (Å²) in [6.45, 7) is 1.43. The summed E-state index contributed by atoms with van der Waals surface area (Å²) < 4.78 is 6.75. The van der Waals surface area contributed by atoms with Crippen molar-refractivity contribution in [2.45, 2.75) is 6.10 Å². The molecule has 0 aliphatic carbocycles. The van der Waals surface area contributed by atoms with Gasteiger partial charge in [0.2, 0.25) is 0 Å². The summed E-state index contributed by atoms with van der Waals surface area (Å²) in [6, 6.07) is 10.6. The number of halogens is 1. The zero-order valence-electron chi connectivity index (χ0n) is 11.7. The minimum Gasteiger partial charge on any atom is -0.370 e. The Morgan fingerprint density at radius 1 is 1.27 bits per heavy atom. The highest BCUT2D eigenvalue weighted by Gasteiger charge is 2.26. The molecule has 7 heteroatoms. The van der Waals surface area contributed by atoms with Crippen LogP contribution in [0, 0.1) is 0 Å². The van der Waals surface area contributed by atoms with Crippen molar-refractivity contribution in [3.8, 4) is 0 Å². The first-order valence-electron chi connectivity index (χ1n) is 6.85. The topological polar surface area (TPSA) is 75.3 Å². The van der Waals surface area contributed by atoms with Gasteiger partial charge in [0, 0.05) is 17.1 Å². The molecular weight excluding hydrogens is 350 g/mol. The zero-order valence-corrected chi connectivity index (χ0v) is 13.2. The number of carbonyl (C=O) groups excluding carboxylic acids is 1. The number of aromatic amines is 1. The molecule has 1 aliphatic heterocycles. The molecule has 6 nitrogen and oxygen atoms in total. The van der Waals surface area contributed by atoms with E-state index >= 15 is 0 Å². The molecule has 1 fully saturated rings. The summed E-state index contributed by atoms with van der Waals surface area (Å²) in [4.78, 5) is 25.1. The molecule has 0 radical (unpaired) electrons. The van der Waals surface area contributed by atoms with Crippen LogP contribution in [0.15, 0.2) is 45.7 Å². The van der Waals surface area contributed by atoms with Crippen molar-refractivity contribution in [3.63, 3.8) is 0 Å². The number of aromatic nitrogens is 2. The van der Waals surface area contributed by atoms with Gasteiger partial charge in [-0.05, 0) is 23.8 Å². The van der Waals surface area contributed by atoms with E-state index in [0.717, 1.165) is 10.0 Å². The predicted molar refractivity (Wildman–Crippen MR) is 83.6 cm³/mol. The van der Waals surface area contributed by atoms with Crippen LogP contribution in [-0.2, 0) is 4.74 Å². The summed E-state index contributed by atoms with van der Waals surface area (Å²) in [5.74, 6) is -0.207. The minimum absolute atomic E-state index is 0.159. The molecule has 114 valence electrons. The first-order valence-corrected chi connectivity index (χ1v) is 7.65. The summed E-state index contributed by atoms with van der Waals surface area (Å²) in [5.41, 5.74) is 0.928. The van der Waals surface area contributed by atoms with E-state index < -0.39 is 0 Å². The van der Waals surface area contributed by atoms with E-state index in [1.54, 1.807) is 4.90 Å².